The maximum Gasteiger partial charge on any atom is 0.128 e. The quantitative estimate of drug-likeness (QED) is 0.859. The zero-order valence-electron chi connectivity index (χ0n) is 11.3. The molecule has 1 aromatic rings. The van der Waals surface area contributed by atoms with Gasteiger partial charge in [0.2, 0.25) is 0 Å². The average Bonchev–Trinajstić information content (AvgIpc) is 3.12. The number of hydrogen-bond donors (Lipinski definition) is 1. The zero-order valence-corrected chi connectivity index (χ0v) is 12.9. The van der Waals surface area contributed by atoms with E-state index in [0.29, 0.717) is 22.9 Å². The highest BCUT2D eigenvalue weighted by Gasteiger charge is 2.28. The first-order chi connectivity index (χ1) is 9.69. The van der Waals surface area contributed by atoms with Crippen LogP contribution in [0.2, 0.25) is 0 Å². The molecule has 2 atom stereocenters. The Morgan fingerprint density at radius 1 is 1.20 bits per heavy atom. The molecule has 2 unspecified atom stereocenters. The van der Waals surface area contributed by atoms with E-state index in [9.17, 15) is 4.39 Å². The highest BCUT2D eigenvalue weighted by atomic mass is 79.9. The average molecular weight is 344 g/mol. The minimum absolute atomic E-state index is 0.114. The zero-order chi connectivity index (χ0) is 13.9. The van der Waals surface area contributed by atoms with Crippen molar-refractivity contribution in [1.29, 1.82) is 0 Å². The minimum atomic E-state index is -0.298. The second-order valence-electron chi connectivity index (χ2n) is 5.56. The van der Waals surface area contributed by atoms with Crippen LogP contribution in [0.3, 0.4) is 0 Å². The van der Waals surface area contributed by atoms with Crippen LogP contribution in [0.15, 0.2) is 22.7 Å². The largest absolute Gasteiger partial charge is 0.491 e. The van der Waals surface area contributed by atoms with Gasteiger partial charge in [-0.3, -0.25) is 0 Å². The SMILES string of the molecule is Fc1cc(Br)cc(OCC2CCC(CNC3CC3)O2)c1. The van der Waals surface area contributed by atoms with E-state index in [1.807, 2.05) is 0 Å². The molecular formula is C15H19BrFNO2. The Bertz CT molecular complexity index is 447. The lowest BCUT2D eigenvalue weighted by Crippen LogP contribution is -2.29. The van der Waals surface area contributed by atoms with E-state index in [1.165, 1.54) is 25.0 Å². The summed E-state index contributed by atoms with van der Waals surface area (Å²) in [5.74, 6) is 0.244. The van der Waals surface area contributed by atoms with Gasteiger partial charge in [0.15, 0.2) is 0 Å². The molecule has 1 heterocycles. The third-order valence-corrected chi connectivity index (χ3v) is 4.14. The monoisotopic (exact) mass is 343 g/mol. The molecule has 0 aromatic heterocycles. The van der Waals surface area contributed by atoms with Crippen molar-refractivity contribution in [3.63, 3.8) is 0 Å². The molecule has 1 aliphatic heterocycles. The molecule has 0 radical (unpaired) electrons. The van der Waals surface area contributed by atoms with Crippen LogP contribution in [0.4, 0.5) is 4.39 Å². The summed E-state index contributed by atoms with van der Waals surface area (Å²) < 4.78 is 25.5. The van der Waals surface area contributed by atoms with Crippen LogP contribution in [-0.4, -0.2) is 31.4 Å². The highest BCUT2D eigenvalue weighted by molar-refractivity contribution is 9.10. The van der Waals surface area contributed by atoms with Crippen molar-refractivity contribution in [1.82, 2.24) is 5.32 Å². The van der Waals surface area contributed by atoms with Crippen LogP contribution in [0, 0.1) is 5.82 Å². The third-order valence-electron chi connectivity index (χ3n) is 3.68. The minimum Gasteiger partial charge on any atom is -0.491 e. The lowest BCUT2D eigenvalue weighted by Gasteiger charge is -2.15. The first-order valence-corrected chi connectivity index (χ1v) is 7.96. The maximum absolute atomic E-state index is 13.2. The van der Waals surface area contributed by atoms with E-state index < -0.39 is 0 Å². The Hall–Kier alpha value is -0.650. The molecule has 2 aliphatic rings. The van der Waals surface area contributed by atoms with Gasteiger partial charge in [-0.25, -0.2) is 4.39 Å². The molecule has 20 heavy (non-hydrogen) atoms. The topological polar surface area (TPSA) is 30.5 Å². The van der Waals surface area contributed by atoms with Crippen LogP contribution in [0.25, 0.3) is 0 Å². The van der Waals surface area contributed by atoms with Crippen molar-refractivity contribution in [2.75, 3.05) is 13.2 Å². The van der Waals surface area contributed by atoms with Gasteiger partial charge in [0.05, 0.1) is 12.2 Å². The van der Waals surface area contributed by atoms with Gasteiger partial charge in [-0.2, -0.15) is 0 Å². The van der Waals surface area contributed by atoms with Gasteiger partial charge in [0.1, 0.15) is 18.2 Å². The number of halogens is 2. The Kier molecular flexibility index (Phi) is 4.58. The Balaban J connectivity index is 1.42. The lowest BCUT2D eigenvalue weighted by molar-refractivity contribution is 0.0183. The molecule has 1 aromatic carbocycles. The van der Waals surface area contributed by atoms with Gasteiger partial charge in [-0.05, 0) is 37.8 Å². The predicted octanol–water partition coefficient (Wildman–Crippen LogP) is 3.27. The van der Waals surface area contributed by atoms with E-state index in [0.717, 1.165) is 25.4 Å². The van der Waals surface area contributed by atoms with Gasteiger partial charge in [-0.15, -0.1) is 0 Å². The summed E-state index contributed by atoms with van der Waals surface area (Å²) in [6, 6.07) is 5.30. The number of ether oxygens (including phenoxy) is 2. The summed E-state index contributed by atoms with van der Waals surface area (Å²) >= 11 is 3.26. The van der Waals surface area contributed by atoms with E-state index in [2.05, 4.69) is 21.2 Å². The smallest absolute Gasteiger partial charge is 0.128 e. The van der Waals surface area contributed by atoms with Gasteiger partial charge < -0.3 is 14.8 Å². The predicted molar refractivity (Wildman–Crippen MR) is 78.5 cm³/mol. The van der Waals surface area contributed by atoms with Gasteiger partial charge >= 0.3 is 0 Å². The lowest BCUT2D eigenvalue weighted by atomic mass is 10.2. The van der Waals surface area contributed by atoms with Gasteiger partial charge in [-0.1, -0.05) is 15.9 Å². The number of rotatable bonds is 6. The van der Waals surface area contributed by atoms with Gasteiger partial charge in [0.25, 0.3) is 0 Å². The standard InChI is InChI=1S/C15H19BrFNO2/c16-10-5-11(17)7-15(6-10)19-9-14-4-3-13(20-14)8-18-12-1-2-12/h5-7,12-14,18H,1-4,8-9H2. The normalized spacial score (nSPS) is 25.9. The van der Waals surface area contributed by atoms with Crippen LogP contribution < -0.4 is 10.1 Å². The summed E-state index contributed by atoms with van der Waals surface area (Å²) in [4.78, 5) is 0. The fourth-order valence-corrected chi connectivity index (χ4v) is 2.88. The van der Waals surface area contributed by atoms with Crippen LogP contribution in [0.1, 0.15) is 25.7 Å². The number of hydrogen-bond acceptors (Lipinski definition) is 3. The Morgan fingerprint density at radius 3 is 2.75 bits per heavy atom. The fourth-order valence-electron chi connectivity index (χ4n) is 2.44. The van der Waals surface area contributed by atoms with Crippen LogP contribution >= 0.6 is 15.9 Å². The molecule has 0 bridgehead atoms. The first-order valence-electron chi connectivity index (χ1n) is 7.17. The summed E-state index contributed by atoms with van der Waals surface area (Å²) in [5, 5.41) is 3.49. The van der Waals surface area contributed by atoms with Crippen LogP contribution in [0.5, 0.6) is 5.75 Å². The second-order valence-corrected chi connectivity index (χ2v) is 6.47. The maximum atomic E-state index is 13.2. The van der Waals surface area contributed by atoms with Crippen molar-refractivity contribution in [2.24, 2.45) is 0 Å². The fraction of sp³-hybridized carbons (Fsp3) is 0.600. The molecule has 0 amide bonds. The van der Waals surface area contributed by atoms with Crippen molar-refractivity contribution < 1.29 is 13.9 Å². The van der Waals surface area contributed by atoms with Crippen LogP contribution in [-0.2, 0) is 4.74 Å². The third kappa shape index (κ3) is 4.17. The Labute approximate surface area is 127 Å². The van der Waals surface area contributed by atoms with E-state index >= 15 is 0 Å². The molecule has 1 aliphatic carbocycles. The molecule has 2 fully saturated rings. The summed E-state index contributed by atoms with van der Waals surface area (Å²) in [6.07, 6.45) is 5.08. The van der Waals surface area contributed by atoms with Gasteiger partial charge in [0, 0.05) is 23.1 Å². The summed E-state index contributed by atoms with van der Waals surface area (Å²) in [5.41, 5.74) is 0. The molecule has 3 rings (SSSR count). The molecular weight excluding hydrogens is 325 g/mol. The molecule has 1 saturated heterocycles. The molecule has 3 nitrogen and oxygen atoms in total. The second kappa shape index (κ2) is 6.41. The van der Waals surface area contributed by atoms with E-state index in [4.69, 9.17) is 9.47 Å². The van der Waals surface area contributed by atoms with E-state index in [1.54, 1.807) is 6.07 Å². The summed E-state index contributed by atoms with van der Waals surface area (Å²) in [6.45, 7) is 1.42. The van der Waals surface area contributed by atoms with Crippen molar-refractivity contribution in [3.05, 3.63) is 28.5 Å². The number of nitrogens with one attached hydrogen (secondary N) is 1. The van der Waals surface area contributed by atoms with E-state index in [-0.39, 0.29) is 11.9 Å². The van der Waals surface area contributed by atoms with Crippen molar-refractivity contribution >= 4 is 15.9 Å². The highest BCUT2D eigenvalue weighted by Crippen LogP contribution is 2.25. The van der Waals surface area contributed by atoms with Crippen molar-refractivity contribution in [2.45, 2.75) is 43.9 Å². The number of benzene rings is 1. The summed E-state index contributed by atoms with van der Waals surface area (Å²) in [7, 11) is 0. The molecule has 110 valence electrons. The molecule has 1 N–H and O–H groups in total. The molecule has 1 saturated carbocycles. The molecule has 5 heteroatoms. The van der Waals surface area contributed by atoms with Crippen molar-refractivity contribution in [3.8, 4) is 5.75 Å². The first kappa shape index (κ1) is 14.3. The molecule has 0 spiro atoms. The Morgan fingerprint density at radius 2 is 2.00 bits per heavy atom.